The molecule has 0 atom stereocenters. The third-order valence-corrected chi connectivity index (χ3v) is 1.64. The van der Waals surface area contributed by atoms with Crippen LogP contribution in [0, 0.1) is 17.9 Å². The molecule has 13 heavy (non-hydrogen) atoms. The zero-order valence-corrected chi connectivity index (χ0v) is 9.43. The molecule has 0 saturated carbocycles. The summed E-state index contributed by atoms with van der Waals surface area (Å²) >= 11 is 0. The lowest BCUT2D eigenvalue weighted by Crippen LogP contribution is -2.47. The van der Waals surface area contributed by atoms with E-state index in [2.05, 4.69) is 6.04 Å². The van der Waals surface area contributed by atoms with E-state index in [-0.39, 0.29) is 11.4 Å². The van der Waals surface area contributed by atoms with Crippen LogP contribution in [0.1, 0.15) is 41.5 Å². The van der Waals surface area contributed by atoms with Gasteiger partial charge < -0.3 is 0 Å². The third kappa shape index (κ3) is 3.10. The van der Waals surface area contributed by atoms with Crippen LogP contribution in [0.25, 0.3) is 0 Å². The summed E-state index contributed by atoms with van der Waals surface area (Å²) < 4.78 is 0. The zero-order valence-electron chi connectivity index (χ0n) is 9.43. The quantitative estimate of drug-likeness (QED) is 0.414. The van der Waals surface area contributed by atoms with Crippen molar-refractivity contribution >= 4 is 5.91 Å². The Morgan fingerprint density at radius 3 is 1.62 bits per heavy atom. The van der Waals surface area contributed by atoms with Crippen molar-refractivity contribution < 1.29 is 4.79 Å². The molecule has 0 aliphatic carbocycles. The van der Waals surface area contributed by atoms with Crippen LogP contribution in [0.2, 0.25) is 0 Å². The van der Waals surface area contributed by atoms with Gasteiger partial charge in [0, 0.05) is 17.0 Å². The molecule has 0 fully saturated rings. The molecular formula is C11H19NO. The summed E-state index contributed by atoms with van der Waals surface area (Å²) in [6.45, 7) is 11.4. The topological polar surface area (TPSA) is 20.3 Å². The van der Waals surface area contributed by atoms with Gasteiger partial charge in [-0.2, -0.15) is 0 Å². The second-order valence-corrected chi connectivity index (χ2v) is 5.19. The van der Waals surface area contributed by atoms with Gasteiger partial charge in [-0.1, -0.05) is 27.2 Å². The molecule has 2 nitrogen and oxygen atoms in total. The predicted molar refractivity (Wildman–Crippen MR) is 54.9 cm³/mol. The molecule has 2 heteroatoms. The Morgan fingerprint density at radius 2 is 1.54 bits per heavy atom. The Labute approximate surface area is 81.3 Å². The maximum absolute atomic E-state index is 11.8. The van der Waals surface area contributed by atoms with E-state index >= 15 is 0 Å². The van der Waals surface area contributed by atoms with Crippen molar-refractivity contribution in [2.45, 2.75) is 47.1 Å². The van der Waals surface area contributed by atoms with Crippen LogP contribution in [0.5, 0.6) is 0 Å². The first-order chi connectivity index (χ1) is 5.60. The molecular weight excluding hydrogens is 162 g/mol. The normalized spacial score (nSPS) is 12.1. The summed E-state index contributed by atoms with van der Waals surface area (Å²) in [5.41, 5.74) is -0.723. The van der Waals surface area contributed by atoms with E-state index < -0.39 is 5.41 Å². The molecule has 0 bridgehead atoms. The summed E-state index contributed by atoms with van der Waals surface area (Å²) in [7, 11) is 0. The van der Waals surface area contributed by atoms with Gasteiger partial charge in [0.05, 0.1) is 0 Å². The van der Waals surface area contributed by atoms with Crippen LogP contribution in [-0.2, 0) is 4.79 Å². The number of hydrogen-bond donors (Lipinski definition) is 0. The highest BCUT2D eigenvalue weighted by Crippen LogP contribution is 2.22. The van der Waals surface area contributed by atoms with Crippen LogP contribution < -0.4 is 0 Å². The van der Waals surface area contributed by atoms with Gasteiger partial charge in [0.2, 0.25) is 5.91 Å². The van der Waals surface area contributed by atoms with E-state index in [4.69, 9.17) is 6.42 Å². The maximum atomic E-state index is 11.8. The number of nitrogens with zero attached hydrogens (tertiary/aromatic N) is 1. The van der Waals surface area contributed by atoms with Gasteiger partial charge in [0.1, 0.15) is 0 Å². The fourth-order valence-electron chi connectivity index (χ4n) is 0.892. The Bertz CT molecular complexity index is 234. The Morgan fingerprint density at radius 1 is 1.15 bits per heavy atom. The van der Waals surface area contributed by atoms with Crippen molar-refractivity contribution in [3.05, 3.63) is 0 Å². The standard InChI is InChI=1S/C11H19NO/c1-8-12(11(5,6)7)9(13)10(2,3)4/h1H,2-7H3. The summed E-state index contributed by atoms with van der Waals surface area (Å²) in [5, 5.41) is 0. The summed E-state index contributed by atoms with van der Waals surface area (Å²) in [5.74, 6) is -0.0116. The number of rotatable bonds is 0. The molecule has 0 saturated heterocycles. The van der Waals surface area contributed by atoms with E-state index in [0.29, 0.717) is 0 Å². The first kappa shape index (κ1) is 12.0. The lowest BCUT2D eigenvalue weighted by Gasteiger charge is -2.34. The van der Waals surface area contributed by atoms with E-state index in [1.165, 1.54) is 4.90 Å². The average Bonchev–Trinajstić information content (AvgIpc) is 1.83. The third-order valence-electron chi connectivity index (χ3n) is 1.64. The lowest BCUT2D eigenvalue weighted by molar-refractivity contribution is -0.139. The molecule has 0 unspecified atom stereocenters. The SMILES string of the molecule is C#CN(C(=O)C(C)(C)C)C(C)(C)C. The molecule has 0 aromatic carbocycles. The Hall–Kier alpha value is -0.970. The van der Waals surface area contributed by atoms with Crippen LogP contribution in [0.4, 0.5) is 0 Å². The van der Waals surface area contributed by atoms with E-state index in [1.54, 1.807) is 0 Å². The first-order valence-electron chi connectivity index (χ1n) is 4.41. The fraction of sp³-hybridized carbons (Fsp3) is 0.727. The van der Waals surface area contributed by atoms with Crippen molar-refractivity contribution in [1.29, 1.82) is 0 Å². The first-order valence-corrected chi connectivity index (χ1v) is 4.41. The van der Waals surface area contributed by atoms with Gasteiger partial charge >= 0.3 is 0 Å². The van der Waals surface area contributed by atoms with Gasteiger partial charge in [-0.05, 0) is 20.8 Å². The van der Waals surface area contributed by atoms with Gasteiger partial charge in [-0.25, -0.2) is 0 Å². The zero-order chi connectivity index (χ0) is 10.9. The minimum atomic E-state index is -0.417. The average molecular weight is 181 g/mol. The van der Waals surface area contributed by atoms with Gasteiger partial charge in [-0.15, -0.1) is 0 Å². The molecule has 0 rings (SSSR count). The monoisotopic (exact) mass is 181 g/mol. The predicted octanol–water partition coefficient (Wildman–Crippen LogP) is 2.25. The molecule has 1 amide bonds. The van der Waals surface area contributed by atoms with Gasteiger partial charge in [0.25, 0.3) is 0 Å². The molecule has 74 valence electrons. The highest BCUT2D eigenvalue weighted by molar-refractivity contribution is 5.83. The van der Waals surface area contributed by atoms with Crippen molar-refractivity contribution in [2.75, 3.05) is 0 Å². The molecule has 0 aliphatic heterocycles. The smallest absolute Gasteiger partial charge is 0.239 e. The summed E-state index contributed by atoms with van der Waals surface area (Å²) in [4.78, 5) is 13.3. The van der Waals surface area contributed by atoms with E-state index in [0.717, 1.165) is 0 Å². The second kappa shape index (κ2) is 3.41. The molecule has 0 N–H and O–H groups in total. The van der Waals surface area contributed by atoms with Crippen LogP contribution in [0.3, 0.4) is 0 Å². The highest BCUT2D eigenvalue weighted by atomic mass is 16.2. The number of carbonyl (C=O) groups is 1. The number of carbonyl (C=O) groups excluding carboxylic acids is 1. The summed E-state index contributed by atoms with van der Waals surface area (Å²) in [6.07, 6.45) is 5.31. The number of amides is 1. The summed E-state index contributed by atoms with van der Waals surface area (Å²) in [6, 6.07) is 2.43. The van der Waals surface area contributed by atoms with Crippen LogP contribution in [0.15, 0.2) is 0 Å². The molecule has 0 spiro atoms. The molecule has 0 radical (unpaired) electrons. The molecule has 0 aliphatic rings. The van der Waals surface area contributed by atoms with Crippen LogP contribution in [-0.4, -0.2) is 16.3 Å². The van der Waals surface area contributed by atoms with Crippen molar-refractivity contribution in [2.24, 2.45) is 5.41 Å². The van der Waals surface area contributed by atoms with Gasteiger partial charge in [-0.3, -0.25) is 9.69 Å². The number of hydrogen-bond acceptors (Lipinski definition) is 1. The Balaban J connectivity index is 4.86. The largest absolute Gasteiger partial charge is 0.273 e. The van der Waals surface area contributed by atoms with Crippen molar-refractivity contribution in [3.63, 3.8) is 0 Å². The van der Waals surface area contributed by atoms with E-state index in [9.17, 15) is 4.79 Å². The maximum Gasteiger partial charge on any atom is 0.239 e. The van der Waals surface area contributed by atoms with Crippen LogP contribution >= 0.6 is 0 Å². The highest BCUT2D eigenvalue weighted by Gasteiger charge is 2.32. The second-order valence-electron chi connectivity index (χ2n) is 5.19. The van der Waals surface area contributed by atoms with Crippen molar-refractivity contribution in [3.8, 4) is 12.5 Å². The lowest BCUT2D eigenvalue weighted by atomic mass is 9.92. The van der Waals surface area contributed by atoms with Gasteiger partial charge in [0.15, 0.2) is 0 Å². The molecule has 0 aromatic heterocycles. The van der Waals surface area contributed by atoms with E-state index in [1.807, 2.05) is 41.5 Å². The number of terminal acetylenes is 1. The fourth-order valence-corrected chi connectivity index (χ4v) is 0.892. The van der Waals surface area contributed by atoms with Crippen molar-refractivity contribution in [1.82, 2.24) is 4.90 Å². The molecule has 0 heterocycles. The Kier molecular flexibility index (Phi) is 3.16. The minimum Gasteiger partial charge on any atom is -0.273 e. The minimum absolute atomic E-state index is 0.0116. The molecule has 0 aromatic rings.